The molecule has 2 N–H and O–H groups in total. The molecule has 1 aliphatic rings. The molecule has 0 bridgehead atoms. The Kier molecular flexibility index (Phi) is 5.92. The fourth-order valence-corrected chi connectivity index (χ4v) is 4.62. The predicted molar refractivity (Wildman–Crippen MR) is 118 cm³/mol. The van der Waals surface area contributed by atoms with E-state index < -0.39 is 11.2 Å². The first-order chi connectivity index (χ1) is 13.4. The van der Waals surface area contributed by atoms with E-state index in [1.165, 1.54) is 5.56 Å². The summed E-state index contributed by atoms with van der Waals surface area (Å²) >= 11 is 0. The van der Waals surface area contributed by atoms with E-state index in [1.807, 2.05) is 20.0 Å². The smallest absolute Gasteiger partial charge is 0.124 e. The minimum absolute atomic E-state index is 0.294. The van der Waals surface area contributed by atoms with Gasteiger partial charge in [-0.15, -0.1) is 0 Å². The third kappa shape index (κ3) is 4.40. The van der Waals surface area contributed by atoms with Crippen LogP contribution in [0.15, 0.2) is 42.7 Å². The molecule has 4 heteroatoms. The van der Waals surface area contributed by atoms with Gasteiger partial charge in [0.1, 0.15) is 5.60 Å². The maximum absolute atomic E-state index is 12.2. The molecule has 3 rings (SSSR count). The Balaban J connectivity index is 2.03. The molecule has 1 aromatic carbocycles. The number of aryl methyl sites for hydroxylation is 1. The maximum Gasteiger partial charge on any atom is 0.124 e. The van der Waals surface area contributed by atoms with Gasteiger partial charge in [0.05, 0.1) is 5.60 Å². The third-order valence-electron chi connectivity index (χ3n) is 6.34. The predicted octanol–water partition coefficient (Wildman–Crippen LogP) is 4.10. The molecule has 1 saturated heterocycles. The lowest BCUT2D eigenvalue weighted by Gasteiger charge is -2.56. The topological polar surface area (TPSA) is 56.6 Å². The van der Waals surface area contributed by atoms with Crippen LogP contribution in [-0.2, 0) is 12.0 Å². The van der Waals surface area contributed by atoms with Crippen molar-refractivity contribution in [2.45, 2.75) is 64.6 Å². The van der Waals surface area contributed by atoms with Gasteiger partial charge in [-0.25, -0.2) is 0 Å². The largest absolute Gasteiger partial charge is 0.390 e. The van der Waals surface area contributed by atoms with Gasteiger partial charge in [-0.1, -0.05) is 45.0 Å². The van der Waals surface area contributed by atoms with Gasteiger partial charge in [-0.3, -0.25) is 4.98 Å². The number of rotatable bonds is 7. The molecule has 1 aliphatic heterocycles. The van der Waals surface area contributed by atoms with Crippen LogP contribution in [0.2, 0.25) is 0 Å². The summed E-state index contributed by atoms with van der Waals surface area (Å²) in [5, 5.41) is 22.3. The van der Waals surface area contributed by atoms with Gasteiger partial charge in [0.15, 0.2) is 0 Å². The van der Waals surface area contributed by atoms with E-state index in [0.29, 0.717) is 12.3 Å². The van der Waals surface area contributed by atoms with Crippen molar-refractivity contribution in [3.8, 4) is 0 Å². The van der Waals surface area contributed by atoms with E-state index in [0.717, 1.165) is 36.2 Å². The van der Waals surface area contributed by atoms with Crippen LogP contribution in [0.4, 0.5) is 0 Å². The van der Waals surface area contributed by atoms with Crippen molar-refractivity contribution in [1.29, 1.82) is 0 Å². The summed E-state index contributed by atoms with van der Waals surface area (Å²) in [5.41, 5.74) is 1.92. The highest BCUT2D eigenvalue weighted by Gasteiger charge is 2.55. The second kappa shape index (κ2) is 7.82. The maximum atomic E-state index is 12.2. The molecule has 1 fully saturated rings. The van der Waals surface area contributed by atoms with Crippen molar-refractivity contribution in [2.75, 3.05) is 20.1 Å². The second-order valence-corrected chi connectivity index (χ2v) is 10.1. The molecule has 0 spiro atoms. The summed E-state index contributed by atoms with van der Waals surface area (Å²) < 4.78 is 0. The monoisotopic (exact) mass is 396 g/mol. The highest BCUT2D eigenvalue weighted by Crippen LogP contribution is 2.50. The first-order valence-electron chi connectivity index (χ1n) is 10.6. The fraction of sp³-hybridized carbons (Fsp3) is 0.560. The van der Waals surface area contributed by atoms with Crippen molar-refractivity contribution < 1.29 is 10.2 Å². The minimum Gasteiger partial charge on any atom is -0.390 e. The zero-order chi connectivity index (χ0) is 21.4. The van der Waals surface area contributed by atoms with Crippen LogP contribution in [0, 0.1) is 5.41 Å². The van der Waals surface area contributed by atoms with Gasteiger partial charge in [0, 0.05) is 36.5 Å². The normalized spacial score (nSPS) is 19.1. The van der Waals surface area contributed by atoms with E-state index in [-0.39, 0.29) is 5.41 Å². The van der Waals surface area contributed by atoms with Gasteiger partial charge in [0.25, 0.3) is 0 Å². The zero-order valence-electron chi connectivity index (χ0n) is 18.7. The van der Waals surface area contributed by atoms with E-state index in [1.54, 1.807) is 6.20 Å². The summed E-state index contributed by atoms with van der Waals surface area (Å²) in [4.78, 5) is 6.69. The number of hydrogen-bond acceptors (Lipinski definition) is 4. The second-order valence-electron chi connectivity index (χ2n) is 10.1. The number of aromatic nitrogens is 1. The lowest BCUT2D eigenvalue weighted by Crippen LogP contribution is -2.63. The van der Waals surface area contributed by atoms with E-state index >= 15 is 0 Å². The molecule has 0 radical (unpaired) electrons. The Morgan fingerprint density at radius 1 is 1.07 bits per heavy atom. The van der Waals surface area contributed by atoms with Gasteiger partial charge in [-0.2, -0.15) is 0 Å². The number of aliphatic hydroxyl groups is 2. The van der Waals surface area contributed by atoms with Crippen molar-refractivity contribution in [3.63, 3.8) is 0 Å². The molecule has 2 aromatic rings. The molecule has 1 aromatic heterocycles. The van der Waals surface area contributed by atoms with Crippen LogP contribution >= 0.6 is 0 Å². The summed E-state index contributed by atoms with van der Waals surface area (Å²) in [6, 6.07) is 10.5. The van der Waals surface area contributed by atoms with Crippen LogP contribution < -0.4 is 0 Å². The molecule has 0 aliphatic carbocycles. The Hall–Kier alpha value is -1.75. The first-order valence-corrected chi connectivity index (χ1v) is 10.6. The van der Waals surface area contributed by atoms with Crippen LogP contribution in [0.25, 0.3) is 0 Å². The van der Waals surface area contributed by atoms with Crippen molar-refractivity contribution in [3.05, 3.63) is 65.0 Å². The van der Waals surface area contributed by atoms with Crippen molar-refractivity contribution >= 4 is 0 Å². The Morgan fingerprint density at radius 3 is 2.21 bits per heavy atom. The first kappa shape index (κ1) is 21.9. The highest BCUT2D eigenvalue weighted by molar-refractivity contribution is 5.42. The van der Waals surface area contributed by atoms with Crippen LogP contribution in [0.1, 0.15) is 69.2 Å². The molecule has 0 saturated carbocycles. The Morgan fingerprint density at radius 2 is 1.69 bits per heavy atom. The SMILES string of the molecule is CC(C)c1ccc([C@](O)(c2cncc(CCC(C)(C)O)c2)C2(C)CN(C)C2)cc1. The third-order valence-corrected chi connectivity index (χ3v) is 6.34. The van der Waals surface area contributed by atoms with E-state index in [4.69, 9.17) is 0 Å². The number of likely N-dealkylation sites (tertiary alicyclic amines) is 1. The molecule has 29 heavy (non-hydrogen) atoms. The lowest BCUT2D eigenvalue weighted by atomic mass is 9.62. The Labute approximate surface area is 175 Å². The van der Waals surface area contributed by atoms with Crippen LogP contribution in [0.3, 0.4) is 0 Å². The van der Waals surface area contributed by atoms with Gasteiger partial charge >= 0.3 is 0 Å². The summed E-state index contributed by atoms with van der Waals surface area (Å²) in [7, 11) is 2.09. The molecule has 4 nitrogen and oxygen atoms in total. The molecule has 1 atom stereocenters. The molecule has 158 valence electrons. The molecule has 0 unspecified atom stereocenters. The average molecular weight is 397 g/mol. The number of nitrogens with zero attached hydrogens (tertiary/aromatic N) is 2. The number of hydrogen-bond donors (Lipinski definition) is 2. The van der Waals surface area contributed by atoms with E-state index in [2.05, 4.69) is 68.0 Å². The van der Waals surface area contributed by atoms with Gasteiger partial charge in [0.2, 0.25) is 0 Å². The molecule has 2 heterocycles. The average Bonchev–Trinajstić information content (AvgIpc) is 2.64. The summed E-state index contributed by atoms with van der Waals surface area (Å²) in [5.74, 6) is 0.453. The summed E-state index contributed by atoms with van der Waals surface area (Å²) in [6.07, 6.45) is 5.02. The standard InChI is InChI=1S/C25H36N2O2/c1-18(2)20-7-9-21(10-8-20)25(29,24(5)16-27(6)17-24)22-13-19(14-26-15-22)11-12-23(3,4)28/h7-10,13-15,18,28-29H,11-12,16-17H2,1-6H3/t25-/m0/s1. The Bertz CT molecular complexity index is 833. The lowest BCUT2D eigenvalue weighted by molar-refractivity contribution is -0.127. The summed E-state index contributed by atoms with van der Waals surface area (Å²) in [6.45, 7) is 11.8. The highest BCUT2D eigenvalue weighted by atomic mass is 16.3. The number of pyridine rings is 1. The quantitative estimate of drug-likeness (QED) is 0.740. The van der Waals surface area contributed by atoms with Crippen LogP contribution in [-0.4, -0.2) is 45.8 Å². The number of benzene rings is 1. The van der Waals surface area contributed by atoms with Crippen LogP contribution in [0.5, 0.6) is 0 Å². The molecular formula is C25H36N2O2. The van der Waals surface area contributed by atoms with Crippen molar-refractivity contribution in [2.24, 2.45) is 5.41 Å². The fourth-order valence-electron chi connectivity index (χ4n) is 4.62. The molecular weight excluding hydrogens is 360 g/mol. The van der Waals surface area contributed by atoms with Gasteiger partial charge < -0.3 is 15.1 Å². The van der Waals surface area contributed by atoms with E-state index in [9.17, 15) is 10.2 Å². The van der Waals surface area contributed by atoms with Crippen molar-refractivity contribution in [1.82, 2.24) is 9.88 Å². The minimum atomic E-state index is -1.12. The molecule has 0 amide bonds. The van der Waals surface area contributed by atoms with Gasteiger partial charge in [-0.05, 0) is 62.4 Å². The zero-order valence-corrected chi connectivity index (χ0v) is 18.7.